The van der Waals surface area contributed by atoms with Crippen molar-refractivity contribution >= 4 is 41.6 Å². The van der Waals surface area contributed by atoms with E-state index < -0.39 is 0 Å². The first-order valence-electron chi connectivity index (χ1n) is 8.46. The van der Waals surface area contributed by atoms with Crippen LogP contribution in [0.1, 0.15) is 16.2 Å². The number of amides is 1. The standard InChI is InChI=1S/C18H22N6O2.2ClH/c1-13-17(18(25)21-9-8-19-10-11-26-2)22-23-24(13)15-5-6-16-14(12-15)4-3-7-20-16;;/h3-7,12,19H,8-11H2,1-2H3,(H,21,25);2*1H. The average Bonchev–Trinajstić information content (AvgIpc) is 3.05. The van der Waals surface area contributed by atoms with Gasteiger partial charge in [0.05, 0.1) is 23.5 Å². The molecule has 0 atom stereocenters. The highest BCUT2D eigenvalue weighted by molar-refractivity contribution is 5.93. The topological polar surface area (TPSA) is 94.0 Å². The Bertz CT molecular complexity index is 903. The van der Waals surface area contributed by atoms with E-state index in [1.807, 2.05) is 37.3 Å². The van der Waals surface area contributed by atoms with Gasteiger partial charge in [-0.3, -0.25) is 9.78 Å². The largest absolute Gasteiger partial charge is 0.383 e. The Morgan fingerprint density at radius 3 is 2.79 bits per heavy atom. The summed E-state index contributed by atoms with van der Waals surface area (Å²) >= 11 is 0. The second kappa shape index (κ2) is 11.6. The Balaban J connectivity index is 0.00000196. The van der Waals surface area contributed by atoms with Crippen LogP contribution in [0.25, 0.3) is 16.6 Å². The number of nitrogens with zero attached hydrogens (tertiary/aromatic N) is 4. The van der Waals surface area contributed by atoms with Gasteiger partial charge in [0, 0.05) is 38.3 Å². The van der Waals surface area contributed by atoms with Gasteiger partial charge in [-0.05, 0) is 31.2 Å². The highest BCUT2D eigenvalue weighted by Crippen LogP contribution is 2.18. The van der Waals surface area contributed by atoms with E-state index in [-0.39, 0.29) is 30.7 Å². The Morgan fingerprint density at radius 1 is 1.18 bits per heavy atom. The molecule has 0 aliphatic heterocycles. The Labute approximate surface area is 175 Å². The number of hydrogen-bond donors (Lipinski definition) is 2. The molecule has 0 spiro atoms. The third-order valence-electron chi connectivity index (χ3n) is 4.01. The Kier molecular flexibility index (Phi) is 9.81. The average molecular weight is 427 g/mol. The van der Waals surface area contributed by atoms with Crippen molar-refractivity contribution in [3.63, 3.8) is 0 Å². The van der Waals surface area contributed by atoms with Crippen molar-refractivity contribution in [1.82, 2.24) is 30.6 Å². The molecule has 8 nitrogen and oxygen atoms in total. The summed E-state index contributed by atoms with van der Waals surface area (Å²) in [5, 5.41) is 15.2. The number of aromatic nitrogens is 4. The van der Waals surface area contributed by atoms with E-state index in [1.54, 1.807) is 18.0 Å². The molecule has 2 heterocycles. The van der Waals surface area contributed by atoms with Crippen molar-refractivity contribution in [3.05, 3.63) is 47.9 Å². The number of nitrogens with one attached hydrogen (secondary N) is 2. The van der Waals surface area contributed by atoms with Crippen molar-refractivity contribution < 1.29 is 9.53 Å². The zero-order chi connectivity index (χ0) is 18.4. The van der Waals surface area contributed by atoms with Crippen molar-refractivity contribution in [2.24, 2.45) is 0 Å². The van der Waals surface area contributed by atoms with Crippen LogP contribution in [-0.2, 0) is 4.74 Å². The summed E-state index contributed by atoms with van der Waals surface area (Å²) < 4.78 is 6.62. The molecule has 0 aliphatic carbocycles. The molecule has 1 aromatic carbocycles. The molecule has 10 heteroatoms. The molecule has 28 heavy (non-hydrogen) atoms. The van der Waals surface area contributed by atoms with Gasteiger partial charge >= 0.3 is 0 Å². The molecule has 1 amide bonds. The van der Waals surface area contributed by atoms with Crippen molar-refractivity contribution in [2.45, 2.75) is 6.92 Å². The number of hydrogen-bond acceptors (Lipinski definition) is 6. The number of ether oxygens (including phenoxy) is 1. The molecule has 0 bridgehead atoms. The molecule has 3 rings (SSSR count). The fourth-order valence-corrected chi connectivity index (χ4v) is 2.63. The van der Waals surface area contributed by atoms with Crippen LogP contribution in [0.3, 0.4) is 0 Å². The summed E-state index contributed by atoms with van der Waals surface area (Å²) in [5.74, 6) is -0.232. The number of carbonyl (C=O) groups is 1. The van der Waals surface area contributed by atoms with Gasteiger partial charge in [-0.25, -0.2) is 4.68 Å². The van der Waals surface area contributed by atoms with Crippen molar-refractivity contribution in [2.75, 3.05) is 33.4 Å². The van der Waals surface area contributed by atoms with Crippen LogP contribution in [0, 0.1) is 6.92 Å². The summed E-state index contributed by atoms with van der Waals surface area (Å²) in [6.07, 6.45) is 1.76. The lowest BCUT2D eigenvalue weighted by atomic mass is 10.2. The number of benzene rings is 1. The van der Waals surface area contributed by atoms with Gasteiger partial charge in [-0.1, -0.05) is 11.3 Å². The zero-order valence-electron chi connectivity index (χ0n) is 15.7. The normalized spacial score (nSPS) is 10.2. The number of halogens is 2. The van der Waals surface area contributed by atoms with Crippen LogP contribution in [0.5, 0.6) is 0 Å². The second-order valence-corrected chi connectivity index (χ2v) is 5.81. The quantitative estimate of drug-likeness (QED) is 0.534. The highest BCUT2D eigenvalue weighted by atomic mass is 35.5. The molecule has 0 saturated heterocycles. The number of rotatable bonds is 8. The van der Waals surface area contributed by atoms with Gasteiger partial charge in [-0.2, -0.15) is 0 Å². The lowest BCUT2D eigenvalue weighted by molar-refractivity contribution is 0.0948. The molecule has 0 radical (unpaired) electrons. The smallest absolute Gasteiger partial charge is 0.273 e. The molecule has 2 N–H and O–H groups in total. The molecule has 3 aromatic rings. The molecule has 0 saturated carbocycles. The Morgan fingerprint density at radius 2 is 2.00 bits per heavy atom. The summed E-state index contributed by atoms with van der Waals surface area (Å²) in [4.78, 5) is 16.6. The van der Waals surface area contributed by atoms with Gasteiger partial charge in [0.1, 0.15) is 0 Å². The number of pyridine rings is 1. The maximum Gasteiger partial charge on any atom is 0.273 e. The van der Waals surface area contributed by atoms with Crippen LogP contribution in [-0.4, -0.2) is 59.2 Å². The van der Waals surface area contributed by atoms with Gasteiger partial charge in [0.25, 0.3) is 5.91 Å². The lowest BCUT2D eigenvalue weighted by Gasteiger charge is -2.07. The van der Waals surface area contributed by atoms with E-state index in [2.05, 4.69) is 25.9 Å². The summed E-state index contributed by atoms with van der Waals surface area (Å²) in [5.41, 5.74) is 2.77. The van der Waals surface area contributed by atoms with Crippen LogP contribution in [0.4, 0.5) is 0 Å². The number of carbonyl (C=O) groups excluding carboxylic acids is 1. The van der Waals surface area contributed by atoms with E-state index in [4.69, 9.17) is 4.74 Å². The van der Waals surface area contributed by atoms with E-state index >= 15 is 0 Å². The highest BCUT2D eigenvalue weighted by Gasteiger charge is 2.17. The molecule has 0 aliphatic rings. The van der Waals surface area contributed by atoms with Crippen LogP contribution >= 0.6 is 24.8 Å². The maximum atomic E-state index is 12.3. The minimum Gasteiger partial charge on any atom is -0.383 e. The second-order valence-electron chi connectivity index (χ2n) is 5.81. The molecular weight excluding hydrogens is 403 g/mol. The minimum atomic E-state index is -0.232. The third-order valence-corrected chi connectivity index (χ3v) is 4.01. The maximum absolute atomic E-state index is 12.3. The summed E-state index contributed by atoms with van der Waals surface area (Å²) in [6.45, 7) is 4.40. The molecule has 2 aromatic heterocycles. The molecule has 152 valence electrons. The molecular formula is C18H24Cl2N6O2. The van der Waals surface area contributed by atoms with Crippen LogP contribution in [0.15, 0.2) is 36.5 Å². The predicted molar refractivity (Wildman–Crippen MR) is 113 cm³/mol. The zero-order valence-corrected chi connectivity index (χ0v) is 17.3. The minimum absolute atomic E-state index is 0. The first-order chi connectivity index (χ1) is 12.7. The van der Waals surface area contributed by atoms with Crippen LogP contribution < -0.4 is 10.6 Å². The van der Waals surface area contributed by atoms with Gasteiger partial charge in [0.2, 0.25) is 0 Å². The number of methoxy groups -OCH3 is 1. The van der Waals surface area contributed by atoms with Gasteiger partial charge < -0.3 is 15.4 Å². The van der Waals surface area contributed by atoms with Crippen molar-refractivity contribution in [1.29, 1.82) is 0 Å². The van der Waals surface area contributed by atoms with E-state index in [9.17, 15) is 4.79 Å². The van der Waals surface area contributed by atoms with Gasteiger partial charge in [0.15, 0.2) is 5.69 Å². The van der Waals surface area contributed by atoms with E-state index in [1.165, 1.54) is 0 Å². The fourth-order valence-electron chi connectivity index (χ4n) is 2.63. The summed E-state index contributed by atoms with van der Waals surface area (Å²) in [6, 6.07) is 9.70. The molecule has 0 unspecified atom stereocenters. The lowest BCUT2D eigenvalue weighted by Crippen LogP contribution is -2.33. The van der Waals surface area contributed by atoms with Crippen LogP contribution in [0.2, 0.25) is 0 Å². The first-order valence-corrected chi connectivity index (χ1v) is 8.46. The van der Waals surface area contributed by atoms with E-state index in [0.717, 1.165) is 23.1 Å². The predicted octanol–water partition coefficient (Wildman–Crippen LogP) is 1.93. The first kappa shape index (κ1) is 23.8. The SMILES string of the molecule is COCCNCCNC(=O)c1nnn(-c2ccc3ncccc3c2)c1C.Cl.Cl. The van der Waals surface area contributed by atoms with Crippen molar-refractivity contribution in [3.8, 4) is 5.69 Å². The number of fused-ring (bicyclic) bond motifs is 1. The fraction of sp³-hybridized carbons (Fsp3) is 0.333. The van der Waals surface area contributed by atoms with Gasteiger partial charge in [-0.15, -0.1) is 29.9 Å². The third kappa shape index (κ3) is 5.62. The van der Waals surface area contributed by atoms with E-state index in [0.29, 0.717) is 31.1 Å². The summed E-state index contributed by atoms with van der Waals surface area (Å²) in [7, 11) is 1.65. The monoisotopic (exact) mass is 426 g/mol. The molecule has 0 fully saturated rings. The Hall–Kier alpha value is -2.26.